The van der Waals surface area contributed by atoms with Crippen LogP contribution in [0.5, 0.6) is 5.88 Å². The number of alkyl halides is 3. The Morgan fingerprint density at radius 2 is 1.79 bits per heavy atom. The predicted molar refractivity (Wildman–Crippen MR) is 113 cm³/mol. The highest BCUT2D eigenvalue weighted by atomic mass is 35.5. The number of aryl methyl sites for hydroxylation is 1. The summed E-state index contributed by atoms with van der Waals surface area (Å²) in [7, 11) is 0. The topological polar surface area (TPSA) is 93.5 Å². The summed E-state index contributed by atoms with van der Waals surface area (Å²) < 4.78 is 45.6. The van der Waals surface area contributed by atoms with Gasteiger partial charge in [-0.2, -0.15) is 23.0 Å². The van der Waals surface area contributed by atoms with Crippen LogP contribution in [0.1, 0.15) is 17.7 Å². The molecule has 11 heteroatoms. The number of carboxylic acid groups (broad SMARTS) is 1. The molecular formula is C22H19ClF3N3O4. The fourth-order valence-corrected chi connectivity index (χ4v) is 3.21. The van der Waals surface area contributed by atoms with E-state index in [9.17, 15) is 27.9 Å². The van der Waals surface area contributed by atoms with E-state index in [1.54, 1.807) is 12.1 Å². The van der Waals surface area contributed by atoms with Gasteiger partial charge in [-0.3, -0.25) is 4.79 Å². The minimum Gasteiger partial charge on any atom is -0.480 e. The zero-order valence-electron chi connectivity index (χ0n) is 17.1. The molecule has 0 saturated carbocycles. The number of hydrogen-bond acceptors (Lipinski definition) is 4. The molecule has 0 aliphatic heterocycles. The molecule has 7 nitrogen and oxygen atoms in total. The van der Waals surface area contributed by atoms with Crippen molar-refractivity contribution in [1.29, 1.82) is 0 Å². The summed E-state index contributed by atoms with van der Waals surface area (Å²) in [6, 6.07) is 14.6. The minimum atomic E-state index is -4.75. The van der Waals surface area contributed by atoms with Crippen LogP contribution in [-0.4, -0.2) is 39.4 Å². The van der Waals surface area contributed by atoms with Gasteiger partial charge < -0.3 is 15.2 Å². The maximum atomic E-state index is 13.2. The first-order valence-corrected chi connectivity index (χ1v) is 10.1. The number of carbonyl (C=O) groups excluding carboxylic acids is 1. The van der Waals surface area contributed by atoms with E-state index >= 15 is 0 Å². The number of ether oxygens (including phenoxy) is 1. The lowest BCUT2D eigenvalue weighted by Gasteiger charge is -2.15. The number of aromatic nitrogens is 2. The van der Waals surface area contributed by atoms with Crippen molar-refractivity contribution >= 4 is 23.5 Å². The third-order valence-electron chi connectivity index (χ3n) is 4.60. The van der Waals surface area contributed by atoms with Crippen LogP contribution in [0.25, 0.3) is 5.69 Å². The average Bonchev–Trinajstić information content (AvgIpc) is 3.20. The molecule has 0 spiro atoms. The Bertz CT molecular complexity index is 1120. The van der Waals surface area contributed by atoms with Crippen molar-refractivity contribution in [2.45, 2.75) is 25.1 Å². The van der Waals surface area contributed by atoms with Crippen molar-refractivity contribution in [2.75, 3.05) is 6.61 Å². The first kappa shape index (κ1) is 24.1. The van der Waals surface area contributed by atoms with Gasteiger partial charge in [0.05, 0.1) is 10.7 Å². The molecule has 1 aromatic heterocycles. The number of rotatable bonds is 9. The standard InChI is InChI=1S/C22H19ClF3N3O4/c23-15-8-4-5-9-17(15)29-20(12-18(28-29)22(24,25)26)33-13-19(30)27-16(21(31)32)11-10-14-6-2-1-3-7-14/h1-9,12,16H,10-11,13H2,(H,27,30)(H,31,32)/t16-/m0/s1. The van der Waals surface area contributed by atoms with Crippen LogP contribution in [0.4, 0.5) is 13.2 Å². The maximum absolute atomic E-state index is 13.2. The number of para-hydroxylation sites is 1. The normalized spacial score (nSPS) is 12.2. The quantitative estimate of drug-likeness (QED) is 0.479. The van der Waals surface area contributed by atoms with Gasteiger partial charge in [0.15, 0.2) is 12.3 Å². The molecule has 0 fully saturated rings. The monoisotopic (exact) mass is 481 g/mol. The summed E-state index contributed by atoms with van der Waals surface area (Å²) in [5, 5.41) is 15.3. The highest BCUT2D eigenvalue weighted by Crippen LogP contribution is 2.33. The van der Waals surface area contributed by atoms with Gasteiger partial charge in [-0.05, 0) is 30.5 Å². The molecule has 0 saturated heterocycles. The van der Waals surface area contributed by atoms with E-state index in [0.717, 1.165) is 10.2 Å². The van der Waals surface area contributed by atoms with Crippen LogP contribution in [0.3, 0.4) is 0 Å². The molecule has 0 bridgehead atoms. The number of hydrogen-bond donors (Lipinski definition) is 2. The smallest absolute Gasteiger partial charge is 0.435 e. The van der Waals surface area contributed by atoms with Crippen LogP contribution < -0.4 is 10.1 Å². The van der Waals surface area contributed by atoms with Crippen LogP contribution in [-0.2, 0) is 22.2 Å². The molecule has 0 aliphatic carbocycles. The first-order valence-electron chi connectivity index (χ1n) is 9.76. The summed E-state index contributed by atoms with van der Waals surface area (Å²) in [6.45, 7) is -0.720. The number of carbonyl (C=O) groups is 2. The average molecular weight is 482 g/mol. The van der Waals surface area contributed by atoms with Crippen LogP contribution in [0.2, 0.25) is 5.02 Å². The van der Waals surface area contributed by atoms with Gasteiger partial charge in [0.2, 0.25) is 5.88 Å². The molecule has 0 unspecified atom stereocenters. The van der Waals surface area contributed by atoms with E-state index in [-0.39, 0.29) is 23.0 Å². The zero-order chi connectivity index (χ0) is 24.0. The third kappa shape index (κ3) is 6.48. The van der Waals surface area contributed by atoms with Crippen molar-refractivity contribution in [3.05, 3.63) is 76.9 Å². The second-order valence-corrected chi connectivity index (χ2v) is 7.41. The largest absolute Gasteiger partial charge is 0.480 e. The van der Waals surface area contributed by atoms with Gasteiger partial charge in [0.1, 0.15) is 6.04 Å². The van der Waals surface area contributed by atoms with Crippen molar-refractivity contribution in [2.24, 2.45) is 0 Å². The highest BCUT2D eigenvalue weighted by molar-refractivity contribution is 6.32. The Kier molecular flexibility index (Phi) is 7.59. The van der Waals surface area contributed by atoms with Crippen LogP contribution in [0, 0.1) is 0 Å². The van der Waals surface area contributed by atoms with Gasteiger partial charge in [0, 0.05) is 6.07 Å². The number of amides is 1. The fourth-order valence-electron chi connectivity index (χ4n) is 2.99. The van der Waals surface area contributed by atoms with Gasteiger partial charge in [-0.15, -0.1) is 0 Å². The number of nitrogens with zero attached hydrogens (tertiary/aromatic N) is 2. The molecule has 0 radical (unpaired) electrons. The lowest BCUT2D eigenvalue weighted by Crippen LogP contribution is -2.43. The Balaban J connectivity index is 1.70. The second kappa shape index (κ2) is 10.4. The first-order chi connectivity index (χ1) is 15.6. The summed E-state index contributed by atoms with van der Waals surface area (Å²) in [6.07, 6.45) is -4.22. The van der Waals surface area contributed by atoms with Crippen molar-refractivity contribution < 1.29 is 32.6 Å². The van der Waals surface area contributed by atoms with Gasteiger partial charge in [-0.1, -0.05) is 54.1 Å². The molecule has 1 heterocycles. The summed E-state index contributed by atoms with van der Waals surface area (Å²) in [5.41, 5.74) is -0.210. The van der Waals surface area contributed by atoms with E-state index in [0.29, 0.717) is 12.5 Å². The molecule has 3 rings (SSSR count). The molecule has 33 heavy (non-hydrogen) atoms. The number of aliphatic carboxylic acids is 1. The van der Waals surface area contributed by atoms with Crippen molar-refractivity contribution in [3.63, 3.8) is 0 Å². The molecule has 3 aromatic rings. The van der Waals surface area contributed by atoms with Crippen molar-refractivity contribution in [3.8, 4) is 11.6 Å². The Morgan fingerprint density at radius 3 is 2.42 bits per heavy atom. The SMILES string of the molecule is O=C(COc1cc(C(F)(F)F)nn1-c1ccccc1Cl)N[C@@H](CCc1ccccc1)C(=O)O. The molecule has 0 aliphatic rings. The lowest BCUT2D eigenvalue weighted by molar-refractivity contribution is -0.142. The van der Waals surface area contributed by atoms with E-state index in [4.69, 9.17) is 16.3 Å². The number of halogens is 4. The fraction of sp³-hybridized carbons (Fsp3) is 0.227. The lowest BCUT2D eigenvalue weighted by atomic mass is 10.1. The third-order valence-corrected chi connectivity index (χ3v) is 4.92. The Labute approximate surface area is 191 Å². The number of benzene rings is 2. The van der Waals surface area contributed by atoms with E-state index < -0.39 is 36.4 Å². The summed E-state index contributed by atoms with van der Waals surface area (Å²) in [5.74, 6) is -2.42. The van der Waals surface area contributed by atoms with E-state index in [1.807, 2.05) is 30.3 Å². The minimum absolute atomic E-state index is 0.121. The highest BCUT2D eigenvalue weighted by Gasteiger charge is 2.36. The number of nitrogens with one attached hydrogen (secondary N) is 1. The summed E-state index contributed by atoms with van der Waals surface area (Å²) >= 11 is 6.06. The van der Waals surface area contributed by atoms with Crippen LogP contribution in [0.15, 0.2) is 60.7 Å². The van der Waals surface area contributed by atoms with Crippen LogP contribution >= 0.6 is 11.6 Å². The zero-order valence-corrected chi connectivity index (χ0v) is 17.8. The Hall–Kier alpha value is -3.53. The number of carboxylic acids is 1. The second-order valence-electron chi connectivity index (χ2n) is 7.00. The predicted octanol–water partition coefficient (Wildman–Crippen LogP) is 4.13. The molecule has 1 atom stereocenters. The van der Waals surface area contributed by atoms with E-state index in [2.05, 4.69) is 10.4 Å². The molecule has 174 valence electrons. The summed E-state index contributed by atoms with van der Waals surface area (Å²) in [4.78, 5) is 23.8. The molecular weight excluding hydrogens is 463 g/mol. The van der Waals surface area contributed by atoms with Gasteiger partial charge >= 0.3 is 12.1 Å². The Morgan fingerprint density at radius 1 is 1.12 bits per heavy atom. The molecule has 2 aromatic carbocycles. The van der Waals surface area contributed by atoms with Gasteiger partial charge in [-0.25, -0.2) is 4.79 Å². The van der Waals surface area contributed by atoms with Gasteiger partial charge in [0.25, 0.3) is 5.91 Å². The molecule has 1 amide bonds. The van der Waals surface area contributed by atoms with Crippen molar-refractivity contribution in [1.82, 2.24) is 15.1 Å². The molecule has 2 N–H and O–H groups in total. The van der Waals surface area contributed by atoms with E-state index in [1.165, 1.54) is 12.1 Å². The maximum Gasteiger partial charge on any atom is 0.435 e.